The summed E-state index contributed by atoms with van der Waals surface area (Å²) >= 11 is 0. The molecule has 2 atom stereocenters. The summed E-state index contributed by atoms with van der Waals surface area (Å²) in [6.45, 7) is 6.10. The molecule has 0 aromatic rings. The summed E-state index contributed by atoms with van der Waals surface area (Å²) in [5.41, 5.74) is 0. The lowest BCUT2D eigenvalue weighted by molar-refractivity contribution is 0.190. The lowest BCUT2D eigenvalue weighted by Crippen LogP contribution is -2.52. The second-order valence-corrected chi connectivity index (χ2v) is 5.55. The summed E-state index contributed by atoms with van der Waals surface area (Å²) in [6, 6.07) is 0.460. The molecule has 98 valence electrons. The van der Waals surface area contributed by atoms with Crippen LogP contribution in [-0.4, -0.2) is 43.2 Å². The van der Waals surface area contributed by atoms with E-state index in [1.807, 2.05) is 4.90 Å². The molecule has 2 heterocycles. The molecule has 2 unspecified atom stereocenters. The summed E-state index contributed by atoms with van der Waals surface area (Å²) in [5.74, 6) is 0.665. The first-order chi connectivity index (χ1) is 8.25. The number of likely N-dealkylation sites (tertiary alicyclic amines) is 1. The van der Waals surface area contributed by atoms with Gasteiger partial charge in [0, 0.05) is 25.7 Å². The van der Waals surface area contributed by atoms with Gasteiger partial charge in [-0.3, -0.25) is 0 Å². The second-order valence-electron chi connectivity index (χ2n) is 5.55. The zero-order chi connectivity index (χ0) is 12.1. The highest BCUT2D eigenvalue weighted by Crippen LogP contribution is 2.12. The van der Waals surface area contributed by atoms with Crippen LogP contribution in [0.2, 0.25) is 0 Å². The minimum absolute atomic E-state index is 0.146. The van der Waals surface area contributed by atoms with Crippen molar-refractivity contribution in [1.29, 1.82) is 0 Å². The van der Waals surface area contributed by atoms with Gasteiger partial charge in [-0.25, -0.2) is 4.79 Å². The topological polar surface area (TPSA) is 44.4 Å². The fraction of sp³-hybridized carbons (Fsp3) is 0.923. The average molecular weight is 239 g/mol. The Morgan fingerprint density at radius 1 is 1.18 bits per heavy atom. The van der Waals surface area contributed by atoms with Crippen LogP contribution < -0.4 is 10.6 Å². The van der Waals surface area contributed by atoms with Crippen LogP contribution in [0.25, 0.3) is 0 Å². The molecule has 2 aliphatic heterocycles. The number of carbonyl (C=O) groups is 1. The molecule has 0 radical (unpaired) electrons. The molecule has 0 saturated carbocycles. The maximum atomic E-state index is 12.1. The largest absolute Gasteiger partial charge is 0.334 e. The normalized spacial score (nSPS) is 30.8. The number of rotatable bonds is 1. The van der Waals surface area contributed by atoms with Gasteiger partial charge >= 0.3 is 6.03 Å². The summed E-state index contributed by atoms with van der Waals surface area (Å²) in [7, 11) is 0. The molecule has 2 amide bonds. The molecule has 2 aliphatic rings. The van der Waals surface area contributed by atoms with Crippen LogP contribution in [0.5, 0.6) is 0 Å². The molecule has 17 heavy (non-hydrogen) atoms. The molecule has 2 saturated heterocycles. The molecule has 0 bridgehead atoms. The summed E-state index contributed by atoms with van der Waals surface area (Å²) < 4.78 is 0. The monoisotopic (exact) mass is 239 g/mol. The van der Waals surface area contributed by atoms with Crippen molar-refractivity contribution in [3.05, 3.63) is 0 Å². The first-order valence-electron chi connectivity index (χ1n) is 7.02. The Balaban J connectivity index is 1.78. The number of nitrogens with zero attached hydrogens (tertiary/aromatic N) is 1. The van der Waals surface area contributed by atoms with Crippen molar-refractivity contribution in [2.75, 3.05) is 26.2 Å². The van der Waals surface area contributed by atoms with Gasteiger partial charge in [0.2, 0.25) is 0 Å². The predicted molar refractivity (Wildman–Crippen MR) is 69.0 cm³/mol. The third-order valence-electron chi connectivity index (χ3n) is 3.79. The van der Waals surface area contributed by atoms with Gasteiger partial charge in [-0.15, -0.1) is 0 Å². The molecule has 4 nitrogen and oxygen atoms in total. The smallest absolute Gasteiger partial charge is 0.317 e. The standard InChI is InChI=1S/C13H25N3O/c1-11-8-12(10-14-9-11)15-13(17)16-6-4-2-3-5-7-16/h11-12,14H,2-10H2,1H3,(H,15,17). The number of hydrogen-bond acceptors (Lipinski definition) is 2. The van der Waals surface area contributed by atoms with Gasteiger partial charge in [0.1, 0.15) is 0 Å². The minimum Gasteiger partial charge on any atom is -0.334 e. The number of amides is 2. The highest BCUT2D eigenvalue weighted by molar-refractivity contribution is 5.74. The summed E-state index contributed by atoms with van der Waals surface area (Å²) in [6.07, 6.45) is 5.96. The number of urea groups is 1. The van der Waals surface area contributed by atoms with E-state index in [-0.39, 0.29) is 6.03 Å². The number of nitrogens with one attached hydrogen (secondary N) is 2. The van der Waals surface area contributed by atoms with E-state index in [4.69, 9.17) is 0 Å². The molecule has 2 N–H and O–H groups in total. The van der Waals surface area contributed by atoms with Crippen molar-refractivity contribution in [1.82, 2.24) is 15.5 Å². The molecule has 4 heteroatoms. The van der Waals surface area contributed by atoms with Crippen molar-refractivity contribution in [3.63, 3.8) is 0 Å². The summed E-state index contributed by atoms with van der Waals surface area (Å²) in [5, 5.41) is 6.54. The first kappa shape index (κ1) is 12.7. The molecular formula is C13H25N3O. The van der Waals surface area contributed by atoms with Crippen molar-refractivity contribution < 1.29 is 4.79 Å². The van der Waals surface area contributed by atoms with Crippen LogP contribution in [0, 0.1) is 5.92 Å². The molecule has 0 aromatic carbocycles. The van der Waals surface area contributed by atoms with E-state index in [1.54, 1.807) is 0 Å². The molecule has 0 spiro atoms. The van der Waals surface area contributed by atoms with Crippen molar-refractivity contribution in [2.24, 2.45) is 5.92 Å². The third kappa shape index (κ3) is 3.87. The number of piperidine rings is 1. The van der Waals surface area contributed by atoms with Gasteiger partial charge in [0.15, 0.2) is 0 Å². The van der Waals surface area contributed by atoms with E-state index in [1.165, 1.54) is 12.8 Å². The third-order valence-corrected chi connectivity index (χ3v) is 3.79. The Bertz CT molecular complexity index is 249. The van der Waals surface area contributed by atoms with E-state index in [2.05, 4.69) is 17.6 Å². The van der Waals surface area contributed by atoms with Gasteiger partial charge in [0.25, 0.3) is 0 Å². The maximum Gasteiger partial charge on any atom is 0.317 e. The quantitative estimate of drug-likeness (QED) is 0.729. The van der Waals surface area contributed by atoms with Crippen LogP contribution in [0.4, 0.5) is 4.79 Å². The number of hydrogen-bond donors (Lipinski definition) is 2. The zero-order valence-electron chi connectivity index (χ0n) is 10.9. The van der Waals surface area contributed by atoms with Crippen LogP contribution in [0.1, 0.15) is 39.0 Å². The van der Waals surface area contributed by atoms with Gasteiger partial charge in [-0.1, -0.05) is 19.8 Å². The highest BCUT2D eigenvalue weighted by Gasteiger charge is 2.22. The van der Waals surface area contributed by atoms with Crippen molar-refractivity contribution in [3.8, 4) is 0 Å². The lowest BCUT2D eigenvalue weighted by atomic mass is 9.98. The molecule has 2 rings (SSSR count). The molecule has 2 fully saturated rings. The Kier molecular flexibility index (Phi) is 4.66. The van der Waals surface area contributed by atoms with Gasteiger partial charge in [-0.05, 0) is 31.7 Å². The van der Waals surface area contributed by atoms with Crippen LogP contribution >= 0.6 is 0 Å². The Morgan fingerprint density at radius 2 is 1.88 bits per heavy atom. The van der Waals surface area contributed by atoms with Crippen LogP contribution in [-0.2, 0) is 0 Å². The zero-order valence-corrected chi connectivity index (χ0v) is 10.9. The average Bonchev–Trinajstić information content (AvgIpc) is 2.57. The number of carbonyl (C=O) groups excluding carboxylic acids is 1. The maximum absolute atomic E-state index is 12.1. The Labute approximate surface area is 104 Å². The van der Waals surface area contributed by atoms with Crippen LogP contribution in [0.3, 0.4) is 0 Å². The minimum atomic E-state index is 0.146. The molecule has 0 aromatic heterocycles. The highest BCUT2D eigenvalue weighted by atomic mass is 16.2. The second kappa shape index (κ2) is 6.24. The van der Waals surface area contributed by atoms with Crippen molar-refractivity contribution in [2.45, 2.75) is 45.1 Å². The van der Waals surface area contributed by atoms with Crippen molar-refractivity contribution >= 4 is 6.03 Å². The first-order valence-corrected chi connectivity index (χ1v) is 7.02. The SMILES string of the molecule is CC1CNCC(NC(=O)N2CCCCCC2)C1. The van der Waals surface area contributed by atoms with E-state index in [9.17, 15) is 4.79 Å². The van der Waals surface area contributed by atoms with E-state index < -0.39 is 0 Å². The lowest BCUT2D eigenvalue weighted by Gasteiger charge is -2.31. The molecule has 0 aliphatic carbocycles. The van der Waals surface area contributed by atoms with E-state index in [0.717, 1.165) is 45.4 Å². The Hall–Kier alpha value is -0.770. The fourth-order valence-corrected chi connectivity index (χ4v) is 2.81. The van der Waals surface area contributed by atoms with E-state index >= 15 is 0 Å². The van der Waals surface area contributed by atoms with Gasteiger partial charge < -0.3 is 15.5 Å². The van der Waals surface area contributed by atoms with E-state index in [0.29, 0.717) is 12.0 Å². The van der Waals surface area contributed by atoms with Gasteiger partial charge in [0.05, 0.1) is 0 Å². The van der Waals surface area contributed by atoms with Gasteiger partial charge in [-0.2, -0.15) is 0 Å². The summed E-state index contributed by atoms with van der Waals surface area (Å²) in [4.78, 5) is 14.1. The van der Waals surface area contributed by atoms with Crippen LogP contribution in [0.15, 0.2) is 0 Å². The molecular weight excluding hydrogens is 214 g/mol. The predicted octanol–water partition coefficient (Wildman–Crippen LogP) is 1.57. The fourth-order valence-electron chi connectivity index (χ4n) is 2.81. The Morgan fingerprint density at radius 3 is 2.53 bits per heavy atom.